The minimum Gasteiger partial charge on any atom is -0.331 e. The summed E-state index contributed by atoms with van der Waals surface area (Å²) in [6, 6.07) is 13.1. The van der Waals surface area contributed by atoms with E-state index in [0.717, 1.165) is 16.9 Å². The van der Waals surface area contributed by atoms with Gasteiger partial charge in [0.1, 0.15) is 6.04 Å². The number of hydrogen-bond acceptors (Lipinski definition) is 3. The normalized spacial score (nSPS) is 17.0. The lowest BCUT2D eigenvalue weighted by molar-refractivity contribution is -0.137. The van der Waals surface area contributed by atoms with Crippen molar-refractivity contribution in [2.75, 3.05) is 18.0 Å². The summed E-state index contributed by atoms with van der Waals surface area (Å²) >= 11 is 0. The van der Waals surface area contributed by atoms with Crippen LogP contribution in [0.1, 0.15) is 24.6 Å². The summed E-state index contributed by atoms with van der Waals surface area (Å²) in [6.07, 6.45) is 2.67. The maximum Gasteiger partial charge on any atom is 0.249 e. The van der Waals surface area contributed by atoms with Crippen LogP contribution in [0.15, 0.2) is 48.7 Å². The fraction of sp³-hybridized carbons (Fsp3) is 0.350. The predicted molar refractivity (Wildman–Crippen MR) is 97.3 cm³/mol. The Bertz CT molecular complexity index is 743. The molecule has 1 unspecified atom stereocenters. The number of carbonyl (C=O) groups excluding carboxylic acids is 2. The Hall–Kier alpha value is -2.69. The SMILES string of the molecule is CCN(C(=O)Cc1ccc(C)nc1)C1CCN(c2ccccc2)C1=O. The first-order valence-corrected chi connectivity index (χ1v) is 8.67. The van der Waals surface area contributed by atoms with E-state index in [-0.39, 0.29) is 24.3 Å². The van der Waals surface area contributed by atoms with E-state index in [4.69, 9.17) is 0 Å². The van der Waals surface area contributed by atoms with Crippen molar-refractivity contribution in [1.29, 1.82) is 0 Å². The molecule has 2 amide bonds. The molecule has 1 aliphatic rings. The molecule has 130 valence electrons. The Labute approximate surface area is 148 Å². The number of benzene rings is 1. The average molecular weight is 337 g/mol. The topological polar surface area (TPSA) is 53.5 Å². The minimum atomic E-state index is -0.379. The maximum absolute atomic E-state index is 12.8. The van der Waals surface area contributed by atoms with E-state index in [1.807, 2.05) is 56.3 Å². The van der Waals surface area contributed by atoms with E-state index in [2.05, 4.69) is 4.98 Å². The number of nitrogens with zero attached hydrogens (tertiary/aromatic N) is 3. The highest BCUT2D eigenvalue weighted by Crippen LogP contribution is 2.24. The summed E-state index contributed by atoms with van der Waals surface area (Å²) in [5.74, 6) is -0.0233. The van der Waals surface area contributed by atoms with Gasteiger partial charge in [0.25, 0.3) is 0 Å². The first-order chi connectivity index (χ1) is 12.1. The first-order valence-electron chi connectivity index (χ1n) is 8.67. The Balaban J connectivity index is 1.71. The van der Waals surface area contributed by atoms with E-state index in [9.17, 15) is 9.59 Å². The Kier molecular flexibility index (Phi) is 5.12. The molecule has 0 bridgehead atoms. The fourth-order valence-electron chi connectivity index (χ4n) is 3.27. The number of aromatic nitrogens is 1. The molecule has 2 aromatic rings. The Morgan fingerprint density at radius 1 is 1.24 bits per heavy atom. The number of aryl methyl sites for hydroxylation is 1. The molecule has 1 fully saturated rings. The molecule has 1 atom stereocenters. The van der Waals surface area contributed by atoms with Crippen molar-refractivity contribution in [2.45, 2.75) is 32.7 Å². The van der Waals surface area contributed by atoms with Gasteiger partial charge in [-0.15, -0.1) is 0 Å². The van der Waals surface area contributed by atoms with E-state index >= 15 is 0 Å². The molecule has 0 radical (unpaired) electrons. The highest BCUT2D eigenvalue weighted by molar-refractivity contribution is 6.01. The van der Waals surface area contributed by atoms with Crippen molar-refractivity contribution >= 4 is 17.5 Å². The van der Waals surface area contributed by atoms with Gasteiger partial charge in [-0.25, -0.2) is 0 Å². The van der Waals surface area contributed by atoms with Crippen LogP contribution in [-0.2, 0) is 16.0 Å². The molecule has 2 heterocycles. The van der Waals surface area contributed by atoms with Crippen LogP contribution in [0.2, 0.25) is 0 Å². The van der Waals surface area contributed by atoms with E-state index in [1.54, 1.807) is 16.0 Å². The zero-order valence-electron chi connectivity index (χ0n) is 14.7. The van der Waals surface area contributed by atoms with Crippen LogP contribution >= 0.6 is 0 Å². The molecule has 0 aliphatic carbocycles. The maximum atomic E-state index is 12.8. The number of hydrogen-bond donors (Lipinski definition) is 0. The third-order valence-electron chi connectivity index (χ3n) is 4.61. The number of likely N-dealkylation sites (N-methyl/N-ethyl adjacent to an activating group) is 1. The smallest absolute Gasteiger partial charge is 0.249 e. The zero-order chi connectivity index (χ0) is 17.8. The number of amides is 2. The molecule has 0 spiro atoms. The van der Waals surface area contributed by atoms with Crippen molar-refractivity contribution in [3.05, 3.63) is 59.9 Å². The van der Waals surface area contributed by atoms with Gasteiger partial charge in [-0.05, 0) is 44.0 Å². The van der Waals surface area contributed by atoms with Gasteiger partial charge in [-0.1, -0.05) is 24.3 Å². The van der Waals surface area contributed by atoms with Gasteiger partial charge in [0.15, 0.2) is 0 Å². The van der Waals surface area contributed by atoms with E-state index in [0.29, 0.717) is 19.5 Å². The zero-order valence-corrected chi connectivity index (χ0v) is 14.7. The van der Waals surface area contributed by atoms with Gasteiger partial charge in [0, 0.05) is 30.7 Å². The molecular weight excluding hydrogens is 314 g/mol. The second kappa shape index (κ2) is 7.47. The van der Waals surface area contributed by atoms with Gasteiger partial charge in [-0.2, -0.15) is 0 Å². The Morgan fingerprint density at radius 2 is 2.00 bits per heavy atom. The number of para-hydroxylation sites is 1. The van der Waals surface area contributed by atoms with E-state index < -0.39 is 0 Å². The summed E-state index contributed by atoms with van der Waals surface area (Å²) in [5.41, 5.74) is 2.69. The number of rotatable bonds is 5. The van der Waals surface area contributed by atoms with Crippen LogP contribution in [0.5, 0.6) is 0 Å². The molecule has 1 aliphatic heterocycles. The largest absolute Gasteiger partial charge is 0.331 e. The molecular formula is C20H23N3O2. The van der Waals surface area contributed by atoms with Crippen LogP contribution in [0.3, 0.4) is 0 Å². The Morgan fingerprint density at radius 3 is 2.64 bits per heavy atom. The number of anilines is 1. The predicted octanol–water partition coefficient (Wildman–Crippen LogP) is 2.59. The third kappa shape index (κ3) is 3.71. The lowest BCUT2D eigenvalue weighted by Crippen LogP contribution is -2.45. The molecule has 25 heavy (non-hydrogen) atoms. The van der Waals surface area contributed by atoms with Gasteiger partial charge in [0.2, 0.25) is 11.8 Å². The second-order valence-corrected chi connectivity index (χ2v) is 6.29. The fourth-order valence-corrected chi connectivity index (χ4v) is 3.27. The van der Waals surface area contributed by atoms with Crippen molar-refractivity contribution < 1.29 is 9.59 Å². The summed E-state index contributed by atoms with van der Waals surface area (Å²) in [7, 11) is 0. The molecule has 1 saturated heterocycles. The number of pyridine rings is 1. The van der Waals surface area contributed by atoms with Gasteiger partial charge in [0.05, 0.1) is 6.42 Å². The van der Waals surface area contributed by atoms with Crippen LogP contribution < -0.4 is 4.90 Å². The van der Waals surface area contributed by atoms with Crippen molar-refractivity contribution in [1.82, 2.24) is 9.88 Å². The quantitative estimate of drug-likeness (QED) is 0.843. The molecule has 5 nitrogen and oxygen atoms in total. The van der Waals surface area contributed by atoms with Gasteiger partial charge in [-0.3, -0.25) is 14.6 Å². The average Bonchev–Trinajstić information content (AvgIpc) is 3.00. The van der Waals surface area contributed by atoms with Crippen molar-refractivity contribution in [3.63, 3.8) is 0 Å². The van der Waals surface area contributed by atoms with Crippen LogP contribution in [0.25, 0.3) is 0 Å². The monoisotopic (exact) mass is 337 g/mol. The number of carbonyl (C=O) groups is 2. The highest BCUT2D eigenvalue weighted by Gasteiger charge is 2.37. The summed E-state index contributed by atoms with van der Waals surface area (Å²) in [6.45, 7) is 5.00. The van der Waals surface area contributed by atoms with Crippen LogP contribution in [0, 0.1) is 6.92 Å². The van der Waals surface area contributed by atoms with Crippen LogP contribution in [-0.4, -0.2) is 40.8 Å². The summed E-state index contributed by atoms with van der Waals surface area (Å²) in [4.78, 5) is 33.3. The van der Waals surface area contributed by atoms with Crippen molar-refractivity contribution in [3.8, 4) is 0 Å². The second-order valence-electron chi connectivity index (χ2n) is 6.29. The van der Waals surface area contributed by atoms with Gasteiger partial charge >= 0.3 is 0 Å². The lowest BCUT2D eigenvalue weighted by Gasteiger charge is -2.27. The standard InChI is InChI=1S/C20H23N3O2/c1-3-22(19(24)13-16-10-9-15(2)21-14-16)18-11-12-23(20(18)25)17-7-5-4-6-8-17/h4-10,14,18H,3,11-13H2,1-2H3. The summed E-state index contributed by atoms with van der Waals surface area (Å²) < 4.78 is 0. The van der Waals surface area contributed by atoms with E-state index in [1.165, 1.54) is 0 Å². The molecule has 0 saturated carbocycles. The molecule has 0 N–H and O–H groups in total. The first kappa shape index (κ1) is 17.1. The molecule has 1 aromatic heterocycles. The van der Waals surface area contributed by atoms with Crippen molar-refractivity contribution in [2.24, 2.45) is 0 Å². The minimum absolute atomic E-state index is 0.00318. The molecule has 5 heteroatoms. The summed E-state index contributed by atoms with van der Waals surface area (Å²) in [5, 5.41) is 0. The highest BCUT2D eigenvalue weighted by atomic mass is 16.2. The van der Waals surface area contributed by atoms with Crippen LogP contribution in [0.4, 0.5) is 5.69 Å². The third-order valence-corrected chi connectivity index (χ3v) is 4.61. The molecule has 1 aromatic carbocycles. The molecule has 3 rings (SSSR count). The van der Waals surface area contributed by atoms with Gasteiger partial charge < -0.3 is 9.80 Å². The lowest BCUT2D eigenvalue weighted by atomic mass is 10.1.